The number of benzene rings is 1. The van der Waals surface area contributed by atoms with E-state index in [1.165, 1.54) is 0 Å². The van der Waals surface area contributed by atoms with Crippen LogP contribution >= 0.6 is 11.6 Å². The lowest BCUT2D eigenvalue weighted by Crippen LogP contribution is -2.23. The molecular formula is C15H20ClNO3. The molecule has 1 heterocycles. The van der Waals surface area contributed by atoms with Gasteiger partial charge in [0.1, 0.15) is 5.76 Å². The summed E-state index contributed by atoms with van der Waals surface area (Å²) >= 11 is 6.27. The maximum Gasteiger partial charge on any atom is 0.179 e. The van der Waals surface area contributed by atoms with Crippen LogP contribution in [-0.2, 0) is 4.74 Å². The Kier molecular flexibility index (Phi) is 5.15. The molecule has 0 bridgehead atoms. The summed E-state index contributed by atoms with van der Waals surface area (Å²) in [5, 5.41) is 3.94. The van der Waals surface area contributed by atoms with Gasteiger partial charge in [0.2, 0.25) is 0 Å². The Bertz CT molecular complexity index is 502. The Morgan fingerprint density at radius 3 is 2.70 bits per heavy atom. The van der Waals surface area contributed by atoms with Gasteiger partial charge in [-0.05, 0) is 30.3 Å². The lowest BCUT2D eigenvalue weighted by molar-refractivity contribution is 0.216. The summed E-state index contributed by atoms with van der Waals surface area (Å²) < 4.78 is 16.3. The van der Waals surface area contributed by atoms with Crippen molar-refractivity contribution in [2.75, 3.05) is 27.4 Å². The van der Waals surface area contributed by atoms with Gasteiger partial charge in [0, 0.05) is 6.42 Å². The molecule has 0 fully saturated rings. The van der Waals surface area contributed by atoms with Crippen molar-refractivity contribution in [2.45, 2.75) is 19.4 Å². The lowest BCUT2D eigenvalue weighted by atomic mass is 10.0. The molecule has 5 heteroatoms. The molecular weight excluding hydrogens is 278 g/mol. The number of likely N-dealkylation sites (N-methyl/N-ethyl adjacent to an activating group) is 1. The maximum atomic E-state index is 6.27. The normalized spacial score (nSPS) is 15.5. The van der Waals surface area contributed by atoms with Gasteiger partial charge in [-0.2, -0.15) is 0 Å². The Morgan fingerprint density at radius 1 is 1.35 bits per heavy atom. The molecule has 1 atom stereocenters. The third-order valence-electron chi connectivity index (χ3n) is 3.21. The standard InChI is InChI=1S/C15H20ClNO3/c1-4-17-14(12-6-5-7-20-12)10-8-11(16)15(19-3)13(9-10)18-2/h6,8-9,14,17H,4-5,7H2,1-3H3. The van der Waals surface area contributed by atoms with Crippen LogP contribution in [0.5, 0.6) is 11.5 Å². The van der Waals surface area contributed by atoms with Gasteiger partial charge in [-0.1, -0.05) is 18.5 Å². The van der Waals surface area contributed by atoms with Crippen LogP contribution in [0.15, 0.2) is 24.0 Å². The third kappa shape index (κ3) is 3.02. The van der Waals surface area contributed by atoms with Crippen LogP contribution in [-0.4, -0.2) is 27.4 Å². The average Bonchev–Trinajstić information content (AvgIpc) is 2.97. The van der Waals surface area contributed by atoms with Crippen molar-refractivity contribution in [3.8, 4) is 11.5 Å². The number of halogens is 1. The molecule has 1 N–H and O–H groups in total. The van der Waals surface area contributed by atoms with Crippen LogP contribution in [0.3, 0.4) is 0 Å². The summed E-state index contributed by atoms with van der Waals surface area (Å²) in [6, 6.07) is 3.80. The van der Waals surface area contributed by atoms with E-state index >= 15 is 0 Å². The van der Waals surface area contributed by atoms with E-state index in [-0.39, 0.29) is 6.04 Å². The minimum atomic E-state index is -0.0141. The van der Waals surface area contributed by atoms with Gasteiger partial charge in [0.05, 0.1) is 31.9 Å². The quantitative estimate of drug-likeness (QED) is 0.874. The van der Waals surface area contributed by atoms with E-state index in [0.717, 1.165) is 30.9 Å². The Hall–Kier alpha value is -1.39. The van der Waals surface area contributed by atoms with Crippen molar-refractivity contribution >= 4 is 11.6 Å². The first-order valence-electron chi connectivity index (χ1n) is 6.68. The highest BCUT2D eigenvalue weighted by molar-refractivity contribution is 6.32. The largest absolute Gasteiger partial charge is 0.496 e. The molecule has 0 saturated carbocycles. The van der Waals surface area contributed by atoms with Crippen LogP contribution in [0, 0.1) is 0 Å². The number of nitrogens with one attached hydrogen (secondary N) is 1. The predicted molar refractivity (Wildman–Crippen MR) is 79.6 cm³/mol. The van der Waals surface area contributed by atoms with E-state index in [2.05, 4.69) is 18.3 Å². The van der Waals surface area contributed by atoms with Crippen molar-refractivity contribution in [1.82, 2.24) is 5.32 Å². The van der Waals surface area contributed by atoms with Crippen molar-refractivity contribution in [2.24, 2.45) is 0 Å². The van der Waals surface area contributed by atoms with E-state index in [4.69, 9.17) is 25.8 Å². The Labute approximate surface area is 124 Å². The minimum Gasteiger partial charge on any atom is -0.496 e. The van der Waals surface area contributed by atoms with Crippen LogP contribution in [0.4, 0.5) is 0 Å². The summed E-state index contributed by atoms with van der Waals surface area (Å²) in [4.78, 5) is 0. The van der Waals surface area contributed by atoms with Gasteiger partial charge in [-0.15, -0.1) is 0 Å². The van der Waals surface area contributed by atoms with E-state index in [1.807, 2.05) is 12.1 Å². The topological polar surface area (TPSA) is 39.7 Å². The molecule has 0 spiro atoms. The summed E-state index contributed by atoms with van der Waals surface area (Å²) in [6.07, 6.45) is 3.05. The van der Waals surface area contributed by atoms with Gasteiger partial charge in [0.25, 0.3) is 0 Å². The van der Waals surface area contributed by atoms with Crippen molar-refractivity contribution in [3.05, 3.63) is 34.6 Å². The molecule has 0 aliphatic carbocycles. The molecule has 1 aliphatic rings. The molecule has 0 saturated heterocycles. The fourth-order valence-corrected chi connectivity index (χ4v) is 2.63. The molecule has 20 heavy (non-hydrogen) atoms. The van der Waals surface area contributed by atoms with Crippen molar-refractivity contribution < 1.29 is 14.2 Å². The van der Waals surface area contributed by atoms with Crippen molar-refractivity contribution in [3.63, 3.8) is 0 Å². The molecule has 0 aromatic heterocycles. The summed E-state index contributed by atoms with van der Waals surface area (Å²) in [6.45, 7) is 3.63. The minimum absolute atomic E-state index is 0.0141. The highest BCUT2D eigenvalue weighted by Crippen LogP contribution is 2.39. The summed E-state index contributed by atoms with van der Waals surface area (Å²) in [7, 11) is 3.18. The van der Waals surface area contributed by atoms with Crippen LogP contribution in [0.2, 0.25) is 5.02 Å². The van der Waals surface area contributed by atoms with E-state index in [1.54, 1.807) is 14.2 Å². The number of ether oxygens (including phenoxy) is 3. The summed E-state index contributed by atoms with van der Waals surface area (Å²) in [5.74, 6) is 2.11. The van der Waals surface area contributed by atoms with E-state index in [9.17, 15) is 0 Å². The highest BCUT2D eigenvalue weighted by Gasteiger charge is 2.23. The third-order valence-corrected chi connectivity index (χ3v) is 3.49. The van der Waals surface area contributed by atoms with Crippen LogP contribution in [0.1, 0.15) is 24.9 Å². The van der Waals surface area contributed by atoms with Gasteiger partial charge in [-0.25, -0.2) is 0 Å². The fraction of sp³-hybridized carbons (Fsp3) is 0.467. The monoisotopic (exact) mass is 297 g/mol. The molecule has 1 aliphatic heterocycles. The molecule has 1 unspecified atom stereocenters. The molecule has 110 valence electrons. The molecule has 0 amide bonds. The first kappa shape index (κ1) is 15.0. The number of hydrogen-bond donors (Lipinski definition) is 1. The maximum absolute atomic E-state index is 6.27. The zero-order valence-corrected chi connectivity index (χ0v) is 12.8. The first-order valence-corrected chi connectivity index (χ1v) is 7.06. The SMILES string of the molecule is CCNC(C1=CCCO1)c1cc(Cl)c(OC)c(OC)c1. The molecule has 4 nitrogen and oxygen atoms in total. The van der Waals surface area contributed by atoms with Gasteiger partial charge in [-0.3, -0.25) is 0 Å². The highest BCUT2D eigenvalue weighted by atomic mass is 35.5. The molecule has 1 aromatic rings. The average molecular weight is 298 g/mol. The number of rotatable bonds is 6. The van der Waals surface area contributed by atoms with Crippen molar-refractivity contribution in [1.29, 1.82) is 0 Å². The molecule has 1 aromatic carbocycles. The lowest BCUT2D eigenvalue weighted by Gasteiger charge is -2.21. The zero-order valence-electron chi connectivity index (χ0n) is 12.0. The fourth-order valence-electron chi connectivity index (χ4n) is 2.33. The second-order valence-corrected chi connectivity index (χ2v) is 4.88. The number of methoxy groups -OCH3 is 2. The van der Waals surface area contributed by atoms with Gasteiger partial charge in [0.15, 0.2) is 11.5 Å². The van der Waals surface area contributed by atoms with Gasteiger partial charge >= 0.3 is 0 Å². The molecule has 0 radical (unpaired) electrons. The predicted octanol–water partition coefficient (Wildman–Crippen LogP) is 3.31. The summed E-state index contributed by atoms with van der Waals surface area (Å²) in [5.41, 5.74) is 1.00. The van der Waals surface area contributed by atoms with Crippen LogP contribution in [0.25, 0.3) is 0 Å². The Morgan fingerprint density at radius 2 is 2.15 bits per heavy atom. The second-order valence-electron chi connectivity index (χ2n) is 4.47. The van der Waals surface area contributed by atoms with E-state index < -0.39 is 0 Å². The van der Waals surface area contributed by atoms with E-state index in [0.29, 0.717) is 16.5 Å². The first-order chi connectivity index (χ1) is 9.71. The molecule has 2 rings (SSSR count). The Balaban J connectivity index is 2.40. The second kappa shape index (κ2) is 6.86. The number of hydrogen-bond acceptors (Lipinski definition) is 4. The van der Waals surface area contributed by atoms with Crippen LogP contribution < -0.4 is 14.8 Å². The van der Waals surface area contributed by atoms with Gasteiger partial charge < -0.3 is 19.5 Å². The zero-order chi connectivity index (χ0) is 14.5. The smallest absolute Gasteiger partial charge is 0.179 e.